The largest absolute Gasteiger partial charge is 0.451 e. The summed E-state index contributed by atoms with van der Waals surface area (Å²) >= 11 is 5.99. The van der Waals surface area contributed by atoms with Gasteiger partial charge in [0.25, 0.3) is 5.79 Å². The van der Waals surface area contributed by atoms with Gasteiger partial charge in [-0.15, -0.1) is 10.2 Å². The highest BCUT2D eigenvalue weighted by Gasteiger charge is 2.43. The van der Waals surface area contributed by atoms with Gasteiger partial charge in [-0.1, -0.05) is 43.4 Å². The number of para-hydroxylation sites is 1. The smallest absolute Gasteiger partial charge is 0.444 e. The van der Waals surface area contributed by atoms with Crippen LogP contribution in [-0.4, -0.2) is 65.6 Å². The van der Waals surface area contributed by atoms with E-state index in [1.165, 1.54) is 6.07 Å². The van der Waals surface area contributed by atoms with E-state index < -0.39 is 31.7 Å². The van der Waals surface area contributed by atoms with Crippen molar-refractivity contribution in [1.29, 1.82) is 0 Å². The molecule has 2 fully saturated rings. The van der Waals surface area contributed by atoms with E-state index in [2.05, 4.69) is 34.7 Å². The molecule has 52 heavy (non-hydrogen) atoms. The van der Waals surface area contributed by atoms with Gasteiger partial charge in [0.1, 0.15) is 12.5 Å². The number of nitrogens with zero attached hydrogens (tertiary/aromatic N) is 5. The first-order valence-corrected chi connectivity index (χ1v) is 21.6. The Bertz CT molecular complexity index is 1930. The van der Waals surface area contributed by atoms with Gasteiger partial charge in [-0.2, -0.15) is 13.2 Å². The van der Waals surface area contributed by atoms with Crippen LogP contribution in [-0.2, 0) is 34.7 Å². The van der Waals surface area contributed by atoms with Gasteiger partial charge in [0.15, 0.2) is 17.3 Å². The summed E-state index contributed by atoms with van der Waals surface area (Å²) in [5.41, 5.74) is 3.55. The van der Waals surface area contributed by atoms with E-state index in [1.54, 1.807) is 25.3 Å². The normalized spacial score (nSPS) is 20.0. The van der Waals surface area contributed by atoms with Crippen molar-refractivity contribution >= 4 is 19.7 Å². The Hall–Kier alpha value is -3.56. The van der Waals surface area contributed by atoms with Crippen LogP contribution in [0.1, 0.15) is 59.8 Å². The minimum Gasteiger partial charge on any atom is -0.444 e. The maximum absolute atomic E-state index is 14.9. The Balaban J connectivity index is 1.06. The fraction of sp³-hybridized carbons (Fsp3) is 0.486. The summed E-state index contributed by atoms with van der Waals surface area (Å²) in [6.45, 7) is 11.5. The molecule has 3 aliphatic rings. The molecule has 3 aliphatic heterocycles. The van der Waals surface area contributed by atoms with Gasteiger partial charge < -0.3 is 18.9 Å². The number of halogens is 5. The zero-order chi connectivity index (χ0) is 36.8. The average molecular weight is 760 g/mol. The van der Waals surface area contributed by atoms with Gasteiger partial charge in [-0.3, -0.25) is 14.5 Å². The van der Waals surface area contributed by atoms with Crippen LogP contribution in [0, 0.1) is 5.82 Å². The number of likely N-dealkylation sites (tertiary alicyclic amines) is 1. The molecular weight excluding hydrogens is 718 g/mol. The number of benzene rings is 2. The van der Waals surface area contributed by atoms with E-state index in [4.69, 9.17) is 35.5 Å². The Kier molecular flexibility index (Phi) is 10.1. The van der Waals surface area contributed by atoms with E-state index >= 15 is 0 Å². The molecule has 0 saturated carbocycles. The highest BCUT2D eigenvalue weighted by atomic mass is 35.5. The maximum Gasteiger partial charge on any atom is 0.451 e. The van der Waals surface area contributed by atoms with Crippen molar-refractivity contribution in [2.24, 2.45) is 0 Å². The van der Waals surface area contributed by atoms with E-state index in [0.717, 1.165) is 53.4 Å². The third-order valence-electron chi connectivity index (χ3n) is 9.99. The highest BCUT2D eigenvalue weighted by Crippen LogP contribution is 2.50. The zero-order valence-corrected chi connectivity index (χ0v) is 31.4. The Morgan fingerprint density at radius 1 is 1.00 bits per heavy atom. The minimum absolute atomic E-state index is 0.0678. The van der Waals surface area contributed by atoms with Gasteiger partial charge in [-0.05, 0) is 73.8 Å². The van der Waals surface area contributed by atoms with Crippen molar-refractivity contribution in [3.63, 3.8) is 0 Å². The summed E-state index contributed by atoms with van der Waals surface area (Å²) in [6.07, 6.45) is -1.40. The number of aromatic nitrogens is 4. The van der Waals surface area contributed by atoms with Gasteiger partial charge >= 0.3 is 6.18 Å². The lowest BCUT2D eigenvalue weighted by atomic mass is 9.88. The monoisotopic (exact) mass is 759 g/mol. The van der Waals surface area contributed by atoms with Crippen molar-refractivity contribution in [1.82, 2.24) is 24.6 Å². The summed E-state index contributed by atoms with van der Waals surface area (Å²) in [6, 6.07) is 13.0. The number of hydrogen-bond donors (Lipinski definition) is 0. The van der Waals surface area contributed by atoms with Crippen LogP contribution in [0.4, 0.5) is 17.6 Å². The van der Waals surface area contributed by atoms with Gasteiger partial charge in [-0.25, -0.2) is 4.39 Å². The molecule has 0 amide bonds. The molecule has 9 nitrogen and oxygen atoms in total. The second-order valence-corrected chi connectivity index (χ2v) is 21.2. The first-order valence-electron chi connectivity index (χ1n) is 17.5. The van der Waals surface area contributed by atoms with E-state index in [1.807, 2.05) is 24.3 Å². The lowest BCUT2D eigenvalue weighted by molar-refractivity contribution is -0.149. The maximum atomic E-state index is 14.9. The lowest BCUT2D eigenvalue weighted by Gasteiger charge is -2.34. The molecule has 5 heterocycles. The van der Waals surface area contributed by atoms with Crippen molar-refractivity contribution in [2.75, 3.05) is 32.9 Å². The third-order valence-corrected chi connectivity index (χ3v) is 11.9. The first kappa shape index (κ1) is 36.8. The van der Waals surface area contributed by atoms with Crippen LogP contribution < -0.4 is 9.47 Å². The molecule has 278 valence electrons. The third kappa shape index (κ3) is 7.72. The van der Waals surface area contributed by atoms with Gasteiger partial charge in [0, 0.05) is 56.4 Å². The predicted molar refractivity (Wildman–Crippen MR) is 190 cm³/mol. The van der Waals surface area contributed by atoms with Crippen LogP contribution in [0.2, 0.25) is 30.7 Å². The predicted octanol–water partition coefficient (Wildman–Crippen LogP) is 8.60. The molecule has 0 aliphatic carbocycles. The number of pyridine rings is 1. The second kappa shape index (κ2) is 14.3. The lowest BCUT2D eigenvalue weighted by Crippen LogP contribution is -2.34. The number of fused-ring (bicyclic) bond motifs is 1. The Labute approximate surface area is 306 Å². The molecule has 0 spiro atoms. The fourth-order valence-corrected chi connectivity index (χ4v) is 7.88. The quantitative estimate of drug-likeness (QED) is 0.0855. The number of hydrogen-bond acceptors (Lipinski definition) is 8. The average Bonchev–Trinajstić information content (AvgIpc) is 3.64. The summed E-state index contributed by atoms with van der Waals surface area (Å²) in [5.74, 6) is -1.37. The molecule has 2 aromatic heterocycles. The fourth-order valence-electron chi connectivity index (χ4n) is 6.97. The molecule has 7 rings (SSSR count). The van der Waals surface area contributed by atoms with Crippen LogP contribution in [0.15, 0.2) is 48.7 Å². The number of alkyl halides is 3. The van der Waals surface area contributed by atoms with Crippen LogP contribution in [0.25, 0.3) is 11.4 Å². The molecule has 0 N–H and O–H groups in total. The molecule has 1 atom stereocenters. The van der Waals surface area contributed by atoms with Crippen molar-refractivity contribution < 1.29 is 36.5 Å². The Morgan fingerprint density at radius 3 is 2.44 bits per heavy atom. The number of piperidine rings is 1. The summed E-state index contributed by atoms with van der Waals surface area (Å²) in [4.78, 5) is 7.14. The SMILES string of the molecule is C[C@]1(c2ccc(Cl)cc2F)Oc2cccc(C3CCN(Cc4ncc(-c5nnc(C(F)(F)F)n5COCC[Si](C)(C)C)cc4C4COC4)CC3)c2O1. The zero-order valence-electron chi connectivity index (χ0n) is 29.6. The van der Waals surface area contributed by atoms with E-state index in [0.29, 0.717) is 48.5 Å². The van der Waals surface area contributed by atoms with Crippen LogP contribution in [0.3, 0.4) is 0 Å². The van der Waals surface area contributed by atoms with Gasteiger partial charge in [0.05, 0.1) is 24.5 Å². The first-order chi connectivity index (χ1) is 24.7. The minimum atomic E-state index is -4.69. The summed E-state index contributed by atoms with van der Waals surface area (Å²) in [5, 5.41) is 7.78. The standard InChI is InChI=1S/C37H42ClF4N5O4Si/c1-36(29-9-8-26(38)17-30(29)39)50-32-7-5-6-27(33(32)51-36)23-10-12-46(13-11-23)19-31-28(25-20-49-21-25)16-24(18-43-31)34-44-45-35(37(40,41)42)47(34)22-48-14-15-52(2,3)4/h5-9,16-18,23,25H,10-15,19-22H2,1-4H3/t36-/m0/s1. The number of ether oxygens (including phenoxy) is 4. The molecular formula is C37H42ClF4N5O4Si. The number of rotatable bonds is 11. The molecule has 4 aromatic rings. The van der Waals surface area contributed by atoms with E-state index in [-0.39, 0.29) is 30.0 Å². The van der Waals surface area contributed by atoms with Crippen LogP contribution >= 0.6 is 11.6 Å². The topological polar surface area (TPSA) is 83.8 Å². The van der Waals surface area contributed by atoms with Crippen molar-refractivity contribution in [2.45, 2.75) is 82.5 Å². The van der Waals surface area contributed by atoms with Crippen LogP contribution in [0.5, 0.6) is 11.5 Å². The molecule has 0 unspecified atom stereocenters. The second-order valence-electron chi connectivity index (χ2n) is 15.1. The van der Waals surface area contributed by atoms with Gasteiger partial charge in [0.2, 0.25) is 5.82 Å². The van der Waals surface area contributed by atoms with Crippen molar-refractivity contribution in [3.05, 3.63) is 87.7 Å². The summed E-state index contributed by atoms with van der Waals surface area (Å²) in [7, 11) is -1.43. The molecule has 0 radical (unpaired) electrons. The highest BCUT2D eigenvalue weighted by molar-refractivity contribution is 6.76. The summed E-state index contributed by atoms with van der Waals surface area (Å²) < 4.78 is 81.6. The van der Waals surface area contributed by atoms with E-state index in [9.17, 15) is 17.6 Å². The molecule has 0 bridgehead atoms. The molecule has 2 aromatic carbocycles. The van der Waals surface area contributed by atoms with Crippen molar-refractivity contribution in [3.8, 4) is 22.9 Å². The molecule has 15 heteroatoms. The molecule has 2 saturated heterocycles. The Morgan fingerprint density at radius 2 is 1.77 bits per heavy atom.